The van der Waals surface area contributed by atoms with Crippen LogP contribution in [0.3, 0.4) is 0 Å². The van der Waals surface area contributed by atoms with Crippen molar-refractivity contribution in [2.24, 2.45) is 0 Å². The Balaban J connectivity index is 2.86. The lowest BCUT2D eigenvalue weighted by atomic mass is 10.3. The summed E-state index contributed by atoms with van der Waals surface area (Å²) in [6, 6.07) is 5.27. The molecule has 1 N–H and O–H groups in total. The molecule has 1 aromatic carbocycles. The number of rotatable bonds is 3. The number of phosphoric ester groups is 1. The second kappa shape index (κ2) is 3.87. The normalized spacial score (nSPS) is 15.0. The molecular weight excluding hydrogens is 198 g/mol. The Labute approximate surface area is 74.5 Å². The van der Waals surface area contributed by atoms with E-state index in [4.69, 9.17) is 4.89 Å². The third-order valence-electron chi connectivity index (χ3n) is 1.28. The summed E-state index contributed by atoms with van der Waals surface area (Å²) in [7, 11) is -3.16. The summed E-state index contributed by atoms with van der Waals surface area (Å²) in [4.78, 5) is 8.85. The first-order valence-corrected chi connectivity index (χ1v) is 4.87. The SMILES string of the molecule is COP(=O)(O)Oc1ccccc1F. The van der Waals surface area contributed by atoms with Gasteiger partial charge in [0, 0.05) is 7.11 Å². The minimum absolute atomic E-state index is 0.310. The van der Waals surface area contributed by atoms with E-state index < -0.39 is 13.6 Å². The fraction of sp³-hybridized carbons (Fsp3) is 0.143. The van der Waals surface area contributed by atoms with Crippen molar-refractivity contribution in [3.8, 4) is 5.75 Å². The van der Waals surface area contributed by atoms with E-state index in [1.165, 1.54) is 18.2 Å². The van der Waals surface area contributed by atoms with Gasteiger partial charge in [0.25, 0.3) is 0 Å². The van der Waals surface area contributed by atoms with Crippen LogP contribution >= 0.6 is 7.82 Å². The summed E-state index contributed by atoms with van der Waals surface area (Å²) in [6.07, 6.45) is 0. The smallest absolute Gasteiger partial charge is 0.401 e. The van der Waals surface area contributed by atoms with Gasteiger partial charge >= 0.3 is 7.82 Å². The average Bonchev–Trinajstić information content (AvgIpc) is 2.09. The number of hydrogen-bond acceptors (Lipinski definition) is 3. The highest BCUT2D eigenvalue weighted by Gasteiger charge is 2.21. The number of phosphoric acid groups is 1. The molecule has 0 radical (unpaired) electrons. The lowest BCUT2D eigenvalue weighted by Crippen LogP contribution is -1.95. The minimum atomic E-state index is -4.16. The van der Waals surface area contributed by atoms with Crippen molar-refractivity contribution in [1.29, 1.82) is 0 Å². The molecule has 6 heteroatoms. The van der Waals surface area contributed by atoms with Crippen molar-refractivity contribution >= 4 is 7.82 Å². The van der Waals surface area contributed by atoms with Crippen LogP contribution in [0.1, 0.15) is 0 Å². The second-order valence-corrected chi connectivity index (χ2v) is 3.66. The Morgan fingerprint density at radius 1 is 1.46 bits per heavy atom. The molecule has 1 aromatic rings. The highest BCUT2D eigenvalue weighted by Crippen LogP contribution is 2.43. The van der Waals surface area contributed by atoms with E-state index in [1.54, 1.807) is 0 Å². The fourth-order valence-corrected chi connectivity index (χ4v) is 1.15. The molecule has 0 saturated heterocycles. The van der Waals surface area contributed by atoms with E-state index in [2.05, 4.69) is 9.05 Å². The summed E-state index contributed by atoms with van der Waals surface area (Å²) >= 11 is 0. The molecule has 1 rings (SSSR count). The van der Waals surface area contributed by atoms with Crippen LogP contribution in [0.2, 0.25) is 0 Å². The van der Waals surface area contributed by atoms with Crippen LogP contribution in [-0.2, 0) is 9.09 Å². The third kappa shape index (κ3) is 2.81. The van der Waals surface area contributed by atoms with E-state index in [0.717, 1.165) is 13.2 Å². The van der Waals surface area contributed by atoms with Crippen LogP contribution in [0.15, 0.2) is 24.3 Å². The van der Waals surface area contributed by atoms with Crippen molar-refractivity contribution in [3.63, 3.8) is 0 Å². The van der Waals surface area contributed by atoms with Crippen molar-refractivity contribution in [3.05, 3.63) is 30.1 Å². The zero-order chi connectivity index (χ0) is 9.90. The molecule has 0 aliphatic heterocycles. The number of para-hydroxylation sites is 1. The summed E-state index contributed by atoms with van der Waals surface area (Å²) in [5, 5.41) is 0. The number of halogens is 1. The first-order chi connectivity index (χ1) is 6.05. The van der Waals surface area contributed by atoms with E-state index in [9.17, 15) is 8.96 Å². The lowest BCUT2D eigenvalue weighted by molar-refractivity contribution is 0.239. The second-order valence-electron chi connectivity index (χ2n) is 2.17. The monoisotopic (exact) mass is 206 g/mol. The molecule has 0 fully saturated rings. The van der Waals surface area contributed by atoms with Gasteiger partial charge in [0.1, 0.15) is 0 Å². The van der Waals surface area contributed by atoms with Gasteiger partial charge < -0.3 is 4.52 Å². The Kier molecular flexibility index (Phi) is 3.03. The Morgan fingerprint density at radius 3 is 2.62 bits per heavy atom. The summed E-state index contributed by atoms with van der Waals surface area (Å²) in [6.45, 7) is 0. The van der Waals surface area contributed by atoms with Crippen molar-refractivity contribution in [2.45, 2.75) is 0 Å². The van der Waals surface area contributed by atoms with E-state index in [-0.39, 0.29) is 5.75 Å². The quantitative estimate of drug-likeness (QED) is 0.768. The summed E-state index contributed by atoms with van der Waals surface area (Å²) in [5.74, 6) is -1.02. The first kappa shape index (κ1) is 10.2. The van der Waals surface area contributed by atoms with Crippen LogP contribution in [0, 0.1) is 5.82 Å². The molecule has 1 unspecified atom stereocenters. The molecule has 0 heterocycles. The molecule has 0 aliphatic rings. The topological polar surface area (TPSA) is 55.8 Å². The fourth-order valence-electron chi connectivity index (χ4n) is 0.680. The minimum Gasteiger partial charge on any atom is -0.401 e. The van der Waals surface area contributed by atoms with Gasteiger partial charge in [-0.1, -0.05) is 12.1 Å². The molecule has 0 spiro atoms. The molecule has 0 aliphatic carbocycles. The van der Waals surface area contributed by atoms with Gasteiger partial charge in [-0.3, -0.25) is 9.42 Å². The maximum Gasteiger partial charge on any atom is 0.527 e. The highest BCUT2D eigenvalue weighted by molar-refractivity contribution is 7.47. The Morgan fingerprint density at radius 2 is 2.08 bits per heavy atom. The van der Waals surface area contributed by atoms with Crippen molar-refractivity contribution < 1.29 is 22.9 Å². The highest BCUT2D eigenvalue weighted by atomic mass is 31.2. The first-order valence-electron chi connectivity index (χ1n) is 3.38. The Hall–Kier alpha value is -0.900. The molecular formula is C7H8FO4P. The van der Waals surface area contributed by atoms with Crippen LogP contribution in [0.5, 0.6) is 5.75 Å². The molecule has 72 valence electrons. The largest absolute Gasteiger partial charge is 0.527 e. The Bertz CT molecular complexity index is 341. The maximum absolute atomic E-state index is 12.8. The molecule has 0 aromatic heterocycles. The molecule has 0 bridgehead atoms. The zero-order valence-corrected chi connectivity index (χ0v) is 7.70. The summed E-state index contributed by atoms with van der Waals surface area (Å²) in [5.41, 5.74) is 0. The standard InChI is InChI=1S/C7H8FO4P/c1-11-13(9,10)12-7-5-3-2-4-6(7)8/h2-5H,1H3,(H,9,10). The van der Waals surface area contributed by atoms with Gasteiger partial charge in [0.05, 0.1) is 0 Å². The lowest BCUT2D eigenvalue weighted by Gasteiger charge is -2.10. The zero-order valence-electron chi connectivity index (χ0n) is 6.81. The molecule has 1 atom stereocenters. The predicted molar refractivity (Wildman–Crippen MR) is 43.9 cm³/mol. The third-order valence-corrected chi connectivity index (χ3v) is 2.17. The summed E-state index contributed by atoms with van der Waals surface area (Å²) < 4.78 is 32.2. The van der Waals surface area contributed by atoms with Gasteiger partial charge in [0.2, 0.25) is 0 Å². The van der Waals surface area contributed by atoms with E-state index in [0.29, 0.717) is 0 Å². The molecule has 4 nitrogen and oxygen atoms in total. The number of benzene rings is 1. The molecule has 0 saturated carbocycles. The van der Waals surface area contributed by atoms with Gasteiger partial charge in [-0.2, -0.15) is 0 Å². The molecule has 13 heavy (non-hydrogen) atoms. The van der Waals surface area contributed by atoms with Gasteiger partial charge in [0.15, 0.2) is 11.6 Å². The van der Waals surface area contributed by atoms with Crippen LogP contribution in [0.4, 0.5) is 4.39 Å². The average molecular weight is 206 g/mol. The van der Waals surface area contributed by atoms with Crippen molar-refractivity contribution in [1.82, 2.24) is 0 Å². The van der Waals surface area contributed by atoms with Crippen molar-refractivity contribution in [2.75, 3.05) is 7.11 Å². The number of hydrogen-bond donors (Lipinski definition) is 1. The van der Waals surface area contributed by atoms with Gasteiger partial charge in [-0.25, -0.2) is 8.96 Å². The van der Waals surface area contributed by atoms with Crippen LogP contribution < -0.4 is 4.52 Å². The van der Waals surface area contributed by atoms with E-state index in [1.807, 2.05) is 0 Å². The van der Waals surface area contributed by atoms with Crippen LogP contribution in [0.25, 0.3) is 0 Å². The predicted octanol–water partition coefficient (Wildman–Crippen LogP) is 1.95. The van der Waals surface area contributed by atoms with Gasteiger partial charge in [-0.05, 0) is 12.1 Å². The van der Waals surface area contributed by atoms with Crippen LogP contribution in [-0.4, -0.2) is 12.0 Å². The maximum atomic E-state index is 12.8. The van der Waals surface area contributed by atoms with Gasteiger partial charge in [-0.15, -0.1) is 0 Å². The molecule has 0 amide bonds. The van der Waals surface area contributed by atoms with E-state index >= 15 is 0 Å².